The van der Waals surface area contributed by atoms with Crippen molar-refractivity contribution in [3.63, 3.8) is 0 Å². The van der Waals surface area contributed by atoms with Crippen LogP contribution in [0.15, 0.2) is 0 Å². The van der Waals surface area contributed by atoms with Gasteiger partial charge in [-0.3, -0.25) is 5.32 Å². The van der Waals surface area contributed by atoms with Gasteiger partial charge in [0.1, 0.15) is 0 Å². The lowest BCUT2D eigenvalue weighted by molar-refractivity contribution is 0.0825. The van der Waals surface area contributed by atoms with Gasteiger partial charge in [-0.1, -0.05) is 12.8 Å². The molecule has 1 aliphatic heterocycles. The molecular weight excluding hydrogens is 174 g/mol. The van der Waals surface area contributed by atoms with Gasteiger partial charge in [0, 0.05) is 18.6 Å². The summed E-state index contributed by atoms with van der Waals surface area (Å²) in [5.74, 6) is 2.62. The molecule has 14 heavy (non-hydrogen) atoms. The average molecular weight is 195 g/mol. The maximum atomic E-state index is 6.12. The third kappa shape index (κ3) is 1.30. The zero-order chi connectivity index (χ0) is 9.54. The Morgan fingerprint density at radius 1 is 0.929 bits per heavy atom. The van der Waals surface area contributed by atoms with E-state index >= 15 is 0 Å². The largest absolute Gasteiger partial charge is 0.316 e. The van der Waals surface area contributed by atoms with Crippen LogP contribution in [0.25, 0.3) is 0 Å². The van der Waals surface area contributed by atoms with Gasteiger partial charge in [-0.2, -0.15) is 0 Å². The van der Waals surface area contributed by atoms with Crippen LogP contribution in [0.3, 0.4) is 0 Å². The summed E-state index contributed by atoms with van der Waals surface area (Å²) in [4.78, 5) is 0. The molecule has 1 heterocycles. The molecule has 4 N–H and O–H groups in total. The predicted octanol–water partition coefficient (Wildman–Crippen LogP) is 0.616. The van der Waals surface area contributed by atoms with E-state index in [4.69, 9.17) is 5.73 Å². The molecule has 3 fully saturated rings. The van der Waals surface area contributed by atoms with Crippen LogP contribution in [0, 0.1) is 17.8 Å². The number of fused-ring (bicyclic) bond motifs is 3. The first-order chi connectivity index (χ1) is 6.86. The molecule has 1 saturated heterocycles. The fourth-order valence-electron chi connectivity index (χ4n) is 3.95. The maximum absolute atomic E-state index is 6.12. The molecule has 3 nitrogen and oxygen atoms in total. The van der Waals surface area contributed by atoms with Crippen LogP contribution in [0.4, 0.5) is 0 Å². The second kappa shape index (κ2) is 3.47. The minimum absolute atomic E-state index is 0.239. The Hall–Kier alpha value is -0.120. The standard InChI is InChI=1S/C11H21N3/c12-11-9-5-4-7-2-1-3-8(7)10(9)13-6-14-11/h7-11,13-14H,1-6,12H2. The molecular formula is C11H21N3. The van der Waals surface area contributed by atoms with Crippen LogP contribution in [0.1, 0.15) is 32.1 Å². The lowest BCUT2D eigenvalue weighted by atomic mass is 9.70. The van der Waals surface area contributed by atoms with E-state index in [9.17, 15) is 0 Å². The van der Waals surface area contributed by atoms with Crippen LogP contribution in [0.2, 0.25) is 0 Å². The van der Waals surface area contributed by atoms with Crippen molar-refractivity contribution >= 4 is 0 Å². The fourth-order valence-corrected chi connectivity index (χ4v) is 3.95. The summed E-state index contributed by atoms with van der Waals surface area (Å²) >= 11 is 0. The fraction of sp³-hybridized carbons (Fsp3) is 1.00. The molecule has 3 heteroatoms. The minimum atomic E-state index is 0.239. The van der Waals surface area contributed by atoms with Gasteiger partial charge >= 0.3 is 0 Å². The molecule has 0 bridgehead atoms. The quantitative estimate of drug-likeness (QED) is 0.531. The molecule has 0 spiro atoms. The number of nitrogens with one attached hydrogen (secondary N) is 2. The van der Waals surface area contributed by atoms with Crippen LogP contribution in [-0.4, -0.2) is 18.9 Å². The van der Waals surface area contributed by atoms with Crippen LogP contribution >= 0.6 is 0 Å². The summed E-state index contributed by atoms with van der Waals surface area (Å²) < 4.78 is 0. The number of rotatable bonds is 0. The van der Waals surface area contributed by atoms with Crippen molar-refractivity contribution in [1.29, 1.82) is 0 Å². The predicted molar refractivity (Wildman–Crippen MR) is 56.5 cm³/mol. The Morgan fingerprint density at radius 3 is 2.79 bits per heavy atom. The Bertz CT molecular complexity index is 217. The zero-order valence-electron chi connectivity index (χ0n) is 8.71. The van der Waals surface area contributed by atoms with E-state index in [2.05, 4.69) is 10.6 Å². The summed E-state index contributed by atoms with van der Waals surface area (Å²) in [6.07, 6.45) is 7.34. The van der Waals surface area contributed by atoms with Crippen molar-refractivity contribution in [2.75, 3.05) is 6.67 Å². The highest BCUT2D eigenvalue weighted by Crippen LogP contribution is 2.45. The molecule has 0 amide bonds. The van der Waals surface area contributed by atoms with E-state index < -0.39 is 0 Å². The molecule has 0 aromatic heterocycles. The summed E-state index contributed by atoms with van der Waals surface area (Å²) in [5.41, 5.74) is 6.12. The molecule has 3 rings (SSSR count). The summed E-state index contributed by atoms with van der Waals surface area (Å²) in [6, 6.07) is 0.715. The van der Waals surface area contributed by atoms with Crippen molar-refractivity contribution in [1.82, 2.24) is 10.6 Å². The smallest absolute Gasteiger partial charge is 0.0600 e. The highest BCUT2D eigenvalue weighted by Gasteiger charge is 2.44. The van der Waals surface area contributed by atoms with Crippen molar-refractivity contribution in [2.45, 2.75) is 44.3 Å². The Morgan fingerprint density at radius 2 is 1.86 bits per heavy atom. The topological polar surface area (TPSA) is 50.1 Å². The van der Waals surface area contributed by atoms with E-state index in [1.165, 1.54) is 32.1 Å². The third-order valence-electron chi connectivity index (χ3n) is 4.65. The summed E-state index contributed by atoms with van der Waals surface area (Å²) in [6.45, 7) is 0.908. The van der Waals surface area contributed by atoms with Crippen molar-refractivity contribution in [2.24, 2.45) is 23.5 Å². The molecule has 2 aliphatic carbocycles. The lowest BCUT2D eigenvalue weighted by Crippen LogP contribution is -2.64. The molecule has 0 aromatic rings. The van der Waals surface area contributed by atoms with Crippen molar-refractivity contribution in [3.8, 4) is 0 Å². The molecule has 0 radical (unpaired) electrons. The number of hydrogen-bond donors (Lipinski definition) is 3. The van der Waals surface area contributed by atoms with Gasteiger partial charge in [-0.05, 0) is 31.1 Å². The van der Waals surface area contributed by atoms with E-state index in [0.29, 0.717) is 12.0 Å². The Balaban J connectivity index is 1.79. The van der Waals surface area contributed by atoms with Gasteiger partial charge in [-0.15, -0.1) is 0 Å². The van der Waals surface area contributed by atoms with Gasteiger partial charge < -0.3 is 11.1 Å². The molecule has 3 aliphatic rings. The highest BCUT2D eigenvalue weighted by atomic mass is 15.2. The monoisotopic (exact) mass is 195 g/mol. The lowest BCUT2D eigenvalue weighted by Gasteiger charge is -2.46. The number of nitrogens with two attached hydrogens (primary N) is 1. The zero-order valence-corrected chi connectivity index (χ0v) is 8.71. The molecule has 2 saturated carbocycles. The van der Waals surface area contributed by atoms with E-state index in [0.717, 1.165) is 18.5 Å². The van der Waals surface area contributed by atoms with Crippen LogP contribution in [0.5, 0.6) is 0 Å². The first-order valence-electron chi connectivity index (χ1n) is 6.08. The molecule has 0 aromatic carbocycles. The van der Waals surface area contributed by atoms with Gasteiger partial charge in [-0.25, -0.2) is 0 Å². The van der Waals surface area contributed by atoms with E-state index in [1.54, 1.807) is 0 Å². The van der Waals surface area contributed by atoms with Gasteiger partial charge in [0.05, 0.1) is 6.17 Å². The second-order valence-electron chi connectivity index (χ2n) is 5.23. The maximum Gasteiger partial charge on any atom is 0.0600 e. The normalized spacial score (nSPS) is 52.5. The van der Waals surface area contributed by atoms with Crippen molar-refractivity contribution in [3.05, 3.63) is 0 Å². The third-order valence-corrected chi connectivity index (χ3v) is 4.65. The van der Waals surface area contributed by atoms with Gasteiger partial charge in [0.2, 0.25) is 0 Å². The second-order valence-corrected chi connectivity index (χ2v) is 5.23. The summed E-state index contributed by atoms with van der Waals surface area (Å²) in [5, 5.41) is 6.96. The average Bonchev–Trinajstić information content (AvgIpc) is 2.66. The highest BCUT2D eigenvalue weighted by molar-refractivity contribution is 4.99. The Labute approximate surface area is 85.8 Å². The van der Waals surface area contributed by atoms with Crippen LogP contribution in [-0.2, 0) is 0 Å². The van der Waals surface area contributed by atoms with Gasteiger partial charge in [0.25, 0.3) is 0 Å². The molecule has 5 unspecified atom stereocenters. The Kier molecular flexibility index (Phi) is 2.26. The summed E-state index contributed by atoms with van der Waals surface area (Å²) in [7, 11) is 0. The molecule has 80 valence electrons. The van der Waals surface area contributed by atoms with Crippen molar-refractivity contribution < 1.29 is 0 Å². The van der Waals surface area contributed by atoms with Crippen LogP contribution < -0.4 is 16.4 Å². The minimum Gasteiger partial charge on any atom is -0.316 e. The first kappa shape index (κ1) is 9.13. The SMILES string of the molecule is NC1NCNC2C3CCCC3CCC12. The number of hydrogen-bond acceptors (Lipinski definition) is 3. The van der Waals surface area contributed by atoms with E-state index in [1.807, 2.05) is 0 Å². The first-order valence-corrected chi connectivity index (χ1v) is 6.08. The van der Waals surface area contributed by atoms with E-state index in [-0.39, 0.29) is 6.17 Å². The molecule has 5 atom stereocenters. The van der Waals surface area contributed by atoms with Gasteiger partial charge in [0.15, 0.2) is 0 Å².